The van der Waals surface area contributed by atoms with Gasteiger partial charge in [-0.25, -0.2) is 4.79 Å². The average molecular weight is 311 g/mol. The van der Waals surface area contributed by atoms with Gasteiger partial charge in [0.1, 0.15) is 0 Å². The van der Waals surface area contributed by atoms with Gasteiger partial charge in [-0.05, 0) is 25.7 Å². The van der Waals surface area contributed by atoms with Gasteiger partial charge in [0, 0.05) is 5.57 Å². The zero-order valence-electron chi connectivity index (χ0n) is 15.2. The van der Waals surface area contributed by atoms with Crippen LogP contribution in [0.2, 0.25) is 0 Å². The van der Waals surface area contributed by atoms with E-state index in [2.05, 4.69) is 13.8 Å². The number of carboxylic acids is 1. The molecule has 1 N–H and O–H groups in total. The molecule has 0 rings (SSSR count). The van der Waals surface area contributed by atoms with E-state index >= 15 is 0 Å². The lowest BCUT2D eigenvalue weighted by atomic mass is 9.96. The van der Waals surface area contributed by atoms with Gasteiger partial charge < -0.3 is 5.11 Å². The van der Waals surface area contributed by atoms with E-state index < -0.39 is 5.97 Å². The molecule has 0 saturated carbocycles. The van der Waals surface area contributed by atoms with E-state index in [-0.39, 0.29) is 0 Å². The van der Waals surface area contributed by atoms with Crippen molar-refractivity contribution >= 4 is 5.97 Å². The van der Waals surface area contributed by atoms with E-state index in [9.17, 15) is 4.79 Å². The van der Waals surface area contributed by atoms with Gasteiger partial charge in [0.05, 0.1) is 0 Å². The van der Waals surface area contributed by atoms with Crippen LogP contribution in [0.4, 0.5) is 0 Å². The first-order chi connectivity index (χ1) is 10.6. The molecule has 0 aliphatic heterocycles. The molecule has 0 bridgehead atoms. The molecule has 0 radical (unpaired) electrons. The summed E-state index contributed by atoms with van der Waals surface area (Å²) in [6.07, 6.45) is 18.9. The van der Waals surface area contributed by atoms with Gasteiger partial charge in [-0.2, -0.15) is 0 Å². The van der Waals surface area contributed by atoms with Gasteiger partial charge in [-0.1, -0.05) is 90.6 Å². The number of allylic oxidation sites excluding steroid dienone is 1. The van der Waals surface area contributed by atoms with Gasteiger partial charge in [-0.15, -0.1) is 0 Å². The zero-order valence-corrected chi connectivity index (χ0v) is 15.2. The van der Waals surface area contributed by atoms with Crippen molar-refractivity contribution < 1.29 is 9.90 Å². The first kappa shape index (κ1) is 21.2. The third kappa shape index (κ3) is 14.2. The SMILES string of the molecule is CCCCCCCC(C)CCCCCCCC=C(C)C(=O)O. The quantitative estimate of drug-likeness (QED) is 0.268. The first-order valence-corrected chi connectivity index (χ1v) is 9.48. The molecular weight excluding hydrogens is 272 g/mol. The molecule has 0 aromatic carbocycles. The highest BCUT2D eigenvalue weighted by atomic mass is 16.4. The third-order valence-corrected chi connectivity index (χ3v) is 4.49. The average Bonchev–Trinajstić information content (AvgIpc) is 2.49. The molecule has 0 spiro atoms. The zero-order chi connectivity index (χ0) is 16.6. The molecule has 0 aliphatic carbocycles. The van der Waals surface area contributed by atoms with E-state index in [0.717, 1.165) is 18.8 Å². The third-order valence-electron chi connectivity index (χ3n) is 4.49. The molecule has 2 nitrogen and oxygen atoms in total. The van der Waals surface area contributed by atoms with Gasteiger partial charge in [0.2, 0.25) is 0 Å². The largest absolute Gasteiger partial charge is 0.478 e. The maximum atomic E-state index is 10.6. The highest BCUT2D eigenvalue weighted by Crippen LogP contribution is 2.18. The summed E-state index contributed by atoms with van der Waals surface area (Å²) in [6.45, 7) is 6.34. The molecule has 130 valence electrons. The molecule has 0 saturated heterocycles. The molecule has 1 atom stereocenters. The van der Waals surface area contributed by atoms with Gasteiger partial charge in [0.25, 0.3) is 0 Å². The second kappa shape index (κ2) is 15.1. The summed E-state index contributed by atoms with van der Waals surface area (Å²) in [5.41, 5.74) is 0.479. The van der Waals surface area contributed by atoms with Crippen LogP contribution in [-0.4, -0.2) is 11.1 Å². The molecule has 0 aliphatic rings. The number of aliphatic carboxylic acids is 1. The fraction of sp³-hybridized carbons (Fsp3) is 0.850. The summed E-state index contributed by atoms with van der Waals surface area (Å²) in [5, 5.41) is 8.74. The Bertz CT molecular complexity index is 294. The Morgan fingerprint density at radius 1 is 0.909 bits per heavy atom. The van der Waals surface area contributed by atoms with Crippen molar-refractivity contribution in [3.63, 3.8) is 0 Å². The first-order valence-electron chi connectivity index (χ1n) is 9.48. The van der Waals surface area contributed by atoms with Gasteiger partial charge in [-0.3, -0.25) is 0 Å². The van der Waals surface area contributed by atoms with Crippen molar-refractivity contribution in [2.45, 2.75) is 104 Å². The number of rotatable bonds is 15. The van der Waals surface area contributed by atoms with Crippen LogP contribution in [0.3, 0.4) is 0 Å². The van der Waals surface area contributed by atoms with E-state index in [4.69, 9.17) is 5.11 Å². The van der Waals surface area contributed by atoms with E-state index in [1.807, 2.05) is 6.08 Å². The summed E-state index contributed by atoms with van der Waals surface area (Å²) < 4.78 is 0. The Kier molecular flexibility index (Phi) is 14.6. The minimum atomic E-state index is -0.788. The minimum absolute atomic E-state index is 0.479. The van der Waals surface area contributed by atoms with Gasteiger partial charge >= 0.3 is 5.97 Å². The standard InChI is InChI=1S/C20H38O2/c1-4-5-6-9-12-15-18(2)16-13-10-7-8-11-14-17-19(3)20(21)22/h17-18H,4-16H2,1-3H3,(H,21,22). The predicted octanol–water partition coefficient (Wildman–Crippen LogP) is 6.74. The molecule has 0 aromatic heterocycles. The second-order valence-corrected chi connectivity index (χ2v) is 6.85. The Balaban J connectivity index is 3.31. The molecule has 0 aromatic rings. The molecule has 2 heteroatoms. The molecule has 0 heterocycles. The smallest absolute Gasteiger partial charge is 0.330 e. The van der Waals surface area contributed by atoms with Crippen LogP contribution >= 0.6 is 0 Å². The highest BCUT2D eigenvalue weighted by Gasteiger charge is 2.02. The van der Waals surface area contributed by atoms with E-state index in [1.54, 1.807) is 6.92 Å². The number of hydrogen-bond donors (Lipinski definition) is 1. The maximum Gasteiger partial charge on any atom is 0.330 e. The highest BCUT2D eigenvalue weighted by molar-refractivity contribution is 5.85. The lowest BCUT2D eigenvalue weighted by molar-refractivity contribution is -0.132. The predicted molar refractivity (Wildman–Crippen MR) is 96.3 cm³/mol. The summed E-state index contributed by atoms with van der Waals surface area (Å²) >= 11 is 0. The fourth-order valence-electron chi connectivity index (χ4n) is 2.81. The van der Waals surface area contributed by atoms with Crippen molar-refractivity contribution in [1.29, 1.82) is 0 Å². The topological polar surface area (TPSA) is 37.3 Å². The number of unbranched alkanes of at least 4 members (excludes halogenated alkanes) is 9. The van der Waals surface area contributed by atoms with Crippen molar-refractivity contribution in [1.82, 2.24) is 0 Å². The van der Waals surface area contributed by atoms with Crippen LogP contribution in [0.25, 0.3) is 0 Å². The van der Waals surface area contributed by atoms with Crippen LogP contribution < -0.4 is 0 Å². The summed E-state index contributed by atoms with van der Waals surface area (Å²) in [6, 6.07) is 0. The van der Waals surface area contributed by atoms with Crippen LogP contribution in [0, 0.1) is 5.92 Å². The Labute approximate surface area is 138 Å². The minimum Gasteiger partial charge on any atom is -0.478 e. The summed E-state index contributed by atoms with van der Waals surface area (Å²) in [7, 11) is 0. The molecular formula is C20H38O2. The fourth-order valence-corrected chi connectivity index (χ4v) is 2.81. The van der Waals surface area contributed by atoms with Crippen molar-refractivity contribution in [3.05, 3.63) is 11.6 Å². The molecule has 0 fully saturated rings. The molecule has 1 unspecified atom stereocenters. The maximum absolute atomic E-state index is 10.6. The number of carboxylic acid groups (broad SMARTS) is 1. The van der Waals surface area contributed by atoms with Crippen LogP contribution in [0.15, 0.2) is 11.6 Å². The normalized spacial score (nSPS) is 13.3. The van der Waals surface area contributed by atoms with E-state index in [0.29, 0.717) is 5.57 Å². The van der Waals surface area contributed by atoms with Crippen LogP contribution in [0.1, 0.15) is 104 Å². The molecule has 22 heavy (non-hydrogen) atoms. The monoisotopic (exact) mass is 310 g/mol. The lowest BCUT2D eigenvalue weighted by Gasteiger charge is -2.10. The lowest BCUT2D eigenvalue weighted by Crippen LogP contribution is -1.96. The van der Waals surface area contributed by atoms with Crippen LogP contribution in [0.5, 0.6) is 0 Å². The summed E-state index contributed by atoms with van der Waals surface area (Å²) in [4.78, 5) is 10.6. The Hall–Kier alpha value is -0.790. The summed E-state index contributed by atoms with van der Waals surface area (Å²) in [5.74, 6) is 0.103. The number of carbonyl (C=O) groups is 1. The van der Waals surface area contributed by atoms with Gasteiger partial charge in [0.15, 0.2) is 0 Å². The Morgan fingerprint density at radius 2 is 1.41 bits per heavy atom. The Morgan fingerprint density at radius 3 is 1.95 bits per heavy atom. The second-order valence-electron chi connectivity index (χ2n) is 6.85. The van der Waals surface area contributed by atoms with Crippen molar-refractivity contribution in [2.24, 2.45) is 5.92 Å². The van der Waals surface area contributed by atoms with E-state index in [1.165, 1.54) is 70.6 Å². The van der Waals surface area contributed by atoms with Crippen molar-refractivity contribution in [2.75, 3.05) is 0 Å². The van der Waals surface area contributed by atoms with Crippen molar-refractivity contribution in [3.8, 4) is 0 Å². The number of hydrogen-bond acceptors (Lipinski definition) is 1. The molecule has 0 amide bonds. The van der Waals surface area contributed by atoms with Crippen LogP contribution in [-0.2, 0) is 4.79 Å².